The Morgan fingerprint density at radius 2 is 1.58 bits per heavy atom. The molecular formula is C26H30N2O3. The standard InChI is InChI=1S/C26H30N2O3/c1-17(29)27-21-4-3-5-22(11-21)28-24(30)26-14-18-10-19(15-26)13-25(12-18,16-26)20-6-8-23(31-2)9-7-20/h3-9,11,18-19H,10,12-16H2,1-2H3,(H,27,29)(H,28,30). The van der Waals surface area contributed by atoms with E-state index in [4.69, 9.17) is 4.74 Å². The second kappa shape index (κ2) is 7.40. The summed E-state index contributed by atoms with van der Waals surface area (Å²) in [4.78, 5) is 25.0. The molecule has 162 valence electrons. The highest BCUT2D eigenvalue weighted by molar-refractivity contribution is 5.97. The monoisotopic (exact) mass is 418 g/mol. The zero-order valence-electron chi connectivity index (χ0n) is 18.2. The molecule has 5 nitrogen and oxygen atoms in total. The third kappa shape index (κ3) is 3.60. The lowest BCUT2D eigenvalue weighted by atomic mass is 9.42. The molecule has 0 aliphatic heterocycles. The van der Waals surface area contributed by atoms with Gasteiger partial charge in [0.05, 0.1) is 12.5 Å². The molecule has 2 unspecified atom stereocenters. The summed E-state index contributed by atoms with van der Waals surface area (Å²) in [6.45, 7) is 1.49. The van der Waals surface area contributed by atoms with E-state index >= 15 is 0 Å². The third-order valence-corrected chi connectivity index (χ3v) is 7.69. The number of ether oxygens (including phenoxy) is 1. The first kappa shape index (κ1) is 20.1. The van der Waals surface area contributed by atoms with Crippen molar-refractivity contribution in [3.8, 4) is 5.75 Å². The lowest BCUT2D eigenvalue weighted by molar-refractivity contribution is -0.143. The number of nitrogens with one attached hydrogen (secondary N) is 2. The van der Waals surface area contributed by atoms with Gasteiger partial charge < -0.3 is 15.4 Å². The second-order valence-corrected chi connectivity index (χ2v) is 9.97. The molecule has 2 atom stereocenters. The molecule has 4 aliphatic carbocycles. The topological polar surface area (TPSA) is 67.4 Å². The van der Waals surface area contributed by atoms with Gasteiger partial charge in [0.15, 0.2) is 0 Å². The van der Waals surface area contributed by atoms with Gasteiger partial charge in [0.25, 0.3) is 0 Å². The predicted octanol–water partition coefficient (Wildman–Crippen LogP) is 5.13. The van der Waals surface area contributed by atoms with Gasteiger partial charge in [-0.05, 0) is 91.7 Å². The van der Waals surface area contributed by atoms with Crippen LogP contribution in [0.3, 0.4) is 0 Å². The largest absolute Gasteiger partial charge is 0.497 e. The Kier molecular flexibility index (Phi) is 4.80. The first-order valence-electron chi connectivity index (χ1n) is 11.2. The number of anilines is 2. The van der Waals surface area contributed by atoms with E-state index in [-0.39, 0.29) is 22.6 Å². The minimum Gasteiger partial charge on any atom is -0.497 e. The van der Waals surface area contributed by atoms with Crippen LogP contribution in [-0.2, 0) is 15.0 Å². The van der Waals surface area contributed by atoms with Crippen LogP contribution < -0.4 is 15.4 Å². The molecule has 5 heteroatoms. The lowest BCUT2D eigenvalue weighted by Crippen LogP contribution is -2.57. The van der Waals surface area contributed by atoms with Gasteiger partial charge in [-0.2, -0.15) is 0 Å². The van der Waals surface area contributed by atoms with E-state index < -0.39 is 0 Å². The van der Waals surface area contributed by atoms with Crippen molar-refractivity contribution < 1.29 is 14.3 Å². The fraction of sp³-hybridized carbons (Fsp3) is 0.462. The Labute approximate surface area is 183 Å². The summed E-state index contributed by atoms with van der Waals surface area (Å²) >= 11 is 0. The molecule has 0 heterocycles. The highest BCUT2D eigenvalue weighted by Crippen LogP contribution is 2.66. The van der Waals surface area contributed by atoms with Crippen LogP contribution in [0, 0.1) is 17.3 Å². The summed E-state index contributed by atoms with van der Waals surface area (Å²) in [6.07, 6.45) is 6.50. The molecule has 2 N–H and O–H groups in total. The minimum atomic E-state index is -0.311. The van der Waals surface area contributed by atoms with E-state index in [9.17, 15) is 9.59 Å². The molecule has 0 spiro atoms. The van der Waals surface area contributed by atoms with Crippen molar-refractivity contribution in [2.45, 2.75) is 50.9 Å². The molecule has 0 aromatic heterocycles. The van der Waals surface area contributed by atoms with Crippen molar-refractivity contribution in [1.82, 2.24) is 0 Å². The SMILES string of the molecule is COc1ccc(C23CC4CC(CC(C(=O)Nc5cccc(NC(C)=O)c5)(C4)C2)C3)cc1. The quantitative estimate of drug-likeness (QED) is 0.707. The van der Waals surface area contributed by atoms with Gasteiger partial charge in [-0.1, -0.05) is 18.2 Å². The van der Waals surface area contributed by atoms with Crippen molar-refractivity contribution in [3.05, 3.63) is 54.1 Å². The number of rotatable bonds is 5. The van der Waals surface area contributed by atoms with Gasteiger partial charge in [-0.3, -0.25) is 9.59 Å². The normalized spacial score (nSPS) is 30.6. The first-order valence-corrected chi connectivity index (χ1v) is 11.2. The maximum atomic E-state index is 13.7. The summed E-state index contributed by atoms with van der Waals surface area (Å²) < 4.78 is 5.36. The van der Waals surface area contributed by atoms with Crippen LogP contribution in [0.5, 0.6) is 5.75 Å². The summed E-state index contributed by atoms with van der Waals surface area (Å²) in [5.41, 5.74) is 2.57. The van der Waals surface area contributed by atoms with Gasteiger partial charge >= 0.3 is 0 Å². The molecule has 31 heavy (non-hydrogen) atoms. The number of methoxy groups -OCH3 is 1. The molecule has 4 fully saturated rings. The van der Waals surface area contributed by atoms with Gasteiger partial charge in [0, 0.05) is 18.3 Å². The fourth-order valence-corrected chi connectivity index (χ4v) is 6.95. The highest BCUT2D eigenvalue weighted by Gasteiger charge is 2.60. The number of carbonyl (C=O) groups is 2. The Bertz CT molecular complexity index is 1000. The molecule has 0 radical (unpaired) electrons. The van der Waals surface area contributed by atoms with Crippen LogP contribution in [0.15, 0.2) is 48.5 Å². The van der Waals surface area contributed by atoms with Crippen molar-refractivity contribution in [3.63, 3.8) is 0 Å². The van der Waals surface area contributed by atoms with E-state index in [0.29, 0.717) is 17.5 Å². The fourth-order valence-electron chi connectivity index (χ4n) is 6.95. The van der Waals surface area contributed by atoms with Gasteiger partial charge in [0.2, 0.25) is 11.8 Å². The van der Waals surface area contributed by atoms with Crippen LogP contribution in [0.25, 0.3) is 0 Å². The molecule has 2 aromatic carbocycles. The number of amides is 2. The van der Waals surface area contributed by atoms with Gasteiger partial charge in [-0.15, -0.1) is 0 Å². The van der Waals surface area contributed by atoms with E-state index in [0.717, 1.165) is 30.7 Å². The molecule has 2 amide bonds. The Balaban J connectivity index is 1.41. The number of benzene rings is 2. The Morgan fingerprint density at radius 3 is 2.19 bits per heavy atom. The predicted molar refractivity (Wildman–Crippen MR) is 121 cm³/mol. The zero-order chi connectivity index (χ0) is 21.6. The van der Waals surface area contributed by atoms with Crippen LogP contribution in [-0.4, -0.2) is 18.9 Å². The smallest absolute Gasteiger partial charge is 0.230 e. The summed E-state index contributed by atoms with van der Waals surface area (Å²) in [7, 11) is 1.69. The molecule has 4 aliphatic rings. The van der Waals surface area contributed by atoms with Crippen molar-refractivity contribution in [2.24, 2.45) is 17.3 Å². The van der Waals surface area contributed by atoms with E-state index in [1.54, 1.807) is 7.11 Å². The van der Waals surface area contributed by atoms with Crippen molar-refractivity contribution >= 4 is 23.2 Å². The van der Waals surface area contributed by atoms with Crippen LogP contribution >= 0.6 is 0 Å². The lowest BCUT2D eigenvalue weighted by Gasteiger charge is -2.61. The van der Waals surface area contributed by atoms with E-state index in [1.807, 2.05) is 36.4 Å². The summed E-state index contributed by atoms with van der Waals surface area (Å²) in [5, 5.41) is 5.98. The van der Waals surface area contributed by atoms with Gasteiger partial charge in [0.1, 0.15) is 5.75 Å². The summed E-state index contributed by atoms with van der Waals surface area (Å²) in [6, 6.07) is 15.9. The molecule has 4 bridgehead atoms. The third-order valence-electron chi connectivity index (χ3n) is 7.69. The highest BCUT2D eigenvalue weighted by atomic mass is 16.5. The summed E-state index contributed by atoms with van der Waals surface area (Å²) in [5.74, 6) is 2.12. The van der Waals surface area contributed by atoms with Crippen LogP contribution in [0.2, 0.25) is 0 Å². The average Bonchev–Trinajstić information content (AvgIpc) is 2.72. The maximum Gasteiger partial charge on any atom is 0.230 e. The molecular weight excluding hydrogens is 388 g/mol. The molecule has 4 saturated carbocycles. The molecule has 6 rings (SSSR count). The molecule has 2 aromatic rings. The van der Waals surface area contributed by atoms with Crippen LogP contribution in [0.1, 0.15) is 51.0 Å². The van der Waals surface area contributed by atoms with Crippen molar-refractivity contribution in [1.29, 1.82) is 0 Å². The first-order chi connectivity index (χ1) is 14.9. The molecule has 0 saturated heterocycles. The van der Waals surface area contributed by atoms with Gasteiger partial charge in [-0.25, -0.2) is 0 Å². The second-order valence-electron chi connectivity index (χ2n) is 9.97. The maximum absolute atomic E-state index is 13.7. The van der Waals surface area contributed by atoms with Crippen LogP contribution in [0.4, 0.5) is 11.4 Å². The van der Waals surface area contributed by atoms with Crippen molar-refractivity contribution in [2.75, 3.05) is 17.7 Å². The Morgan fingerprint density at radius 1 is 0.935 bits per heavy atom. The zero-order valence-corrected chi connectivity index (χ0v) is 18.2. The number of carbonyl (C=O) groups excluding carboxylic acids is 2. The number of hydrogen-bond acceptors (Lipinski definition) is 3. The Hall–Kier alpha value is -2.82. The van der Waals surface area contributed by atoms with E-state index in [2.05, 4.69) is 22.8 Å². The van der Waals surface area contributed by atoms with E-state index in [1.165, 1.54) is 31.7 Å². The minimum absolute atomic E-state index is 0.0890. The number of hydrogen-bond donors (Lipinski definition) is 2. The average molecular weight is 419 g/mol.